The molecule has 1 aliphatic rings. The van der Waals surface area contributed by atoms with Gasteiger partial charge in [-0.25, -0.2) is 0 Å². The van der Waals surface area contributed by atoms with Crippen LogP contribution in [0.15, 0.2) is 55.1 Å². The van der Waals surface area contributed by atoms with Crippen LogP contribution in [0, 0.1) is 5.92 Å². The third-order valence-corrected chi connectivity index (χ3v) is 5.58. The van der Waals surface area contributed by atoms with E-state index in [4.69, 9.17) is 27.9 Å². The van der Waals surface area contributed by atoms with Gasteiger partial charge in [-0.3, -0.25) is 9.69 Å². The monoisotopic (exact) mass is 418 g/mol. The number of benzene rings is 2. The lowest BCUT2D eigenvalue weighted by atomic mass is 9.95. The number of hydrogen-bond acceptors (Lipinski definition) is 3. The average molecular weight is 419 g/mol. The molecule has 4 nitrogen and oxygen atoms in total. The molecule has 1 saturated heterocycles. The van der Waals surface area contributed by atoms with E-state index < -0.39 is 0 Å². The zero-order chi connectivity index (χ0) is 19.9. The van der Waals surface area contributed by atoms with Crippen LogP contribution in [0.1, 0.15) is 18.4 Å². The van der Waals surface area contributed by atoms with E-state index in [0.29, 0.717) is 28.9 Å². The molecule has 3 rings (SSSR count). The van der Waals surface area contributed by atoms with Crippen molar-refractivity contribution in [3.05, 3.63) is 70.7 Å². The van der Waals surface area contributed by atoms with Gasteiger partial charge in [-0.1, -0.05) is 48.0 Å². The first kappa shape index (κ1) is 20.7. The molecule has 1 fully saturated rings. The van der Waals surface area contributed by atoms with Crippen LogP contribution < -0.4 is 10.1 Å². The average Bonchev–Trinajstić information content (AvgIpc) is 2.70. The molecular formula is C22H24Cl2N2O2. The predicted octanol–water partition coefficient (Wildman–Crippen LogP) is 5.41. The van der Waals surface area contributed by atoms with Crippen LogP contribution in [0.5, 0.6) is 5.75 Å². The van der Waals surface area contributed by atoms with E-state index in [2.05, 4.69) is 16.8 Å². The van der Waals surface area contributed by atoms with E-state index in [0.717, 1.165) is 37.2 Å². The maximum atomic E-state index is 12.6. The van der Waals surface area contributed by atoms with E-state index in [1.165, 1.54) is 0 Å². The number of carbonyl (C=O) groups excluding carboxylic acids is 1. The number of hydrogen-bond donors (Lipinski definition) is 1. The third-order valence-electron chi connectivity index (χ3n) is 4.87. The van der Waals surface area contributed by atoms with Crippen molar-refractivity contribution < 1.29 is 9.53 Å². The number of carbonyl (C=O) groups is 1. The summed E-state index contributed by atoms with van der Waals surface area (Å²) in [7, 11) is 0. The lowest BCUT2D eigenvalue weighted by Crippen LogP contribution is -2.37. The molecular weight excluding hydrogens is 395 g/mol. The molecule has 0 unspecified atom stereocenters. The predicted molar refractivity (Wildman–Crippen MR) is 115 cm³/mol. The highest BCUT2D eigenvalue weighted by Gasteiger charge is 2.25. The molecule has 0 aliphatic carbocycles. The molecule has 0 bridgehead atoms. The number of rotatable bonds is 7. The Labute approximate surface area is 176 Å². The summed E-state index contributed by atoms with van der Waals surface area (Å²) in [5, 5.41) is 4.38. The van der Waals surface area contributed by atoms with Crippen molar-refractivity contribution in [2.45, 2.75) is 19.4 Å². The summed E-state index contributed by atoms with van der Waals surface area (Å²) in [5.74, 6) is 0.760. The molecule has 1 heterocycles. The fourth-order valence-corrected chi connectivity index (χ4v) is 3.84. The van der Waals surface area contributed by atoms with Gasteiger partial charge in [0.25, 0.3) is 0 Å². The molecule has 28 heavy (non-hydrogen) atoms. The number of amides is 1. The Bertz CT molecular complexity index is 813. The molecule has 2 aromatic carbocycles. The number of ether oxygens (including phenoxy) is 1. The molecule has 2 aromatic rings. The Kier molecular flexibility index (Phi) is 7.37. The number of likely N-dealkylation sites (tertiary alicyclic amines) is 1. The standard InChI is InChI=1S/C22H24Cl2N2O2/c1-2-13-28-18-6-3-5-17(14-18)25-22(27)16-9-11-26(12-10-16)15-19-20(23)7-4-8-21(19)24/h2-8,14,16H,1,9-13,15H2,(H,25,27). The first-order chi connectivity index (χ1) is 13.6. The van der Waals surface area contributed by atoms with Gasteiger partial charge in [0.05, 0.1) is 0 Å². The van der Waals surface area contributed by atoms with Crippen LogP contribution in [0.4, 0.5) is 5.69 Å². The summed E-state index contributed by atoms with van der Waals surface area (Å²) in [4.78, 5) is 14.9. The Hall–Kier alpha value is -2.01. The van der Waals surface area contributed by atoms with Gasteiger partial charge < -0.3 is 10.1 Å². The molecule has 0 saturated carbocycles. The Morgan fingerprint density at radius 3 is 2.54 bits per heavy atom. The zero-order valence-corrected chi connectivity index (χ0v) is 17.2. The molecule has 1 aliphatic heterocycles. The number of piperidine rings is 1. The second-order valence-electron chi connectivity index (χ2n) is 6.87. The van der Waals surface area contributed by atoms with Crippen molar-refractivity contribution in [1.82, 2.24) is 4.90 Å². The van der Waals surface area contributed by atoms with Gasteiger partial charge >= 0.3 is 0 Å². The van der Waals surface area contributed by atoms with Crippen LogP contribution in [0.2, 0.25) is 10.0 Å². The van der Waals surface area contributed by atoms with Crippen LogP contribution in [-0.2, 0) is 11.3 Å². The molecule has 0 spiro atoms. The van der Waals surface area contributed by atoms with E-state index in [1.54, 1.807) is 6.08 Å². The smallest absolute Gasteiger partial charge is 0.227 e. The van der Waals surface area contributed by atoms with Gasteiger partial charge in [-0.05, 0) is 50.2 Å². The van der Waals surface area contributed by atoms with E-state index in [9.17, 15) is 4.79 Å². The maximum Gasteiger partial charge on any atom is 0.227 e. The van der Waals surface area contributed by atoms with Crippen LogP contribution in [-0.4, -0.2) is 30.5 Å². The van der Waals surface area contributed by atoms with Crippen LogP contribution >= 0.6 is 23.2 Å². The number of halogens is 2. The number of nitrogens with one attached hydrogen (secondary N) is 1. The largest absolute Gasteiger partial charge is 0.489 e. The first-order valence-electron chi connectivity index (χ1n) is 9.36. The second-order valence-corrected chi connectivity index (χ2v) is 7.68. The highest BCUT2D eigenvalue weighted by Crippen LogP contribution is 2.28. The number of nitrogens with zero attached hydrogens (tertiary/aromatic N) is 1. The molecule has 148 valence electrons. The summed E-state index contributed by atoms with van der Waals surface area (Å²) in [5.41, 5.74) is 1.70. The quantitative estimate of drug-likeness (QED) is 0.611. The van der Waals surface area contributed by atoms with Crippen molar-refractivity contribution in [1.29, 1.82) is 0 Å². The van der Waals surface area contributed by atoms with Gasteiger partial charge in [0.1, 0.15) is 12.4 Å². The Morgan fingerprint density at radius 1 is 1.18 bits per heavy atom. The van der Waals surface area contributed by atoms with Gasteiger partial charge in [0, 0.05) is 39.8 Å². The molecule has 0 aromatic heterocycles. The van der Waals surface area contributed by atoms with Crippen LogP contribution in [0.25, 0.3) is 0 Å². The second kappa shape index (κ2) is 9.97. The molecule has 0 radical (unpaired) electrons. The highest BCUT2D eigenvalue weighted by molar-refractivity contribution is 6.35. The SMILES string of the molecule is C=CCOc1cccc(NC(=O)C2CCN(Cc3c(Cl)cccc3Cl)CC2)c1. The fraction of sp³-hybridized carbons (Fsp3) is 0.318. The minimum Gasteiger partial charge on any atom is -0.489 e. The summed E-state index contributed by atoms with van der Waals surface area (Å²) < 4.78 is 5.52. The lowest BCUT2D eigenvalue weighted by molar-refractivity contribution is -0.121. The summed E-state index contributed by atoms with van der Waals surface area (Å²) in [6.45, 7) is 6.45. The maximum absolute atomic E-state index is 12.6. The summed E-state index contributed by atoms with van der Waals surface area (Å²) in [6.07, 6.45) is 3.30. The third kappa shape index (κ3) is 5.51. The Balaban J connectivity index is 1.52. The Morgan fingerprint density at radius 2 is 1.86 bits per heavy atom. The molecule has 6 heteroatoms. The van der Waals surface area contributed by atoms with Crippen molar-refractivity contribution >= 4 is 34.8 Å². The molecule has 1 amide bonds. The van der Waals surface area contributed by atoms with E-state index in [-0.39, 0.29) is 11.8 Å². The van der Waals surface area contributed by atoms with Gasteiger partial charge in [-0.15, -0.1) is 0 Å². The molecule has 0 atom stereocenters. The van der Waals surface area contributed by atoms with Crippen molar-refractivity contribution in [2.24, 2.45) is 5.92 Å². The minimum absolute atomic E-state index is 0.00397. The zero-order valence-electron chi connectivity index (χ0n) is 15.7. The normalized spacial score (nSPS) is 15.2. The van der Waals surface area contributed by atoms with Gasteiger partial charge in [0.2, 0.25) is 5.91 Å². The minimum atomic E-state index is -0.00397. The van der Waals surface area contributed by atoms with Gasteiger partial charge in [-0.2, -0.15) is 0 Å². The topological polar surface area (TPSA) is 41.6 Å². The van der Waals surface area contributed by atoms with Crippen LogP contribution in [0.3, 0.4) is 0 Å². The lowest BCUT2D eigenvalue weighted by Gasteiger charge is -2.31. The van der Waals surface area contributed by atoms with Crippen molar-refractivity contribution in [2.75, 3.05) is 25.0 Å². The van der Waals surface area contributed by atoms with Crippen molar-refractivity contribution in [3.63, 3.8) is 0 Å². The summed E-state index contributed by atoms with van der Waals surface area (Å²) in [6, 6.07) is 13.0. The number of anilines is 1. The van der Waals surface area contributed by atoms with Gasteiger partial charge in [0.15, 0.2) is 0 Å². The highest BCUT2D eigenvalue weighted by atomic mass is 35.5. The van der Waals surface area contributed by atoms with E-state index in [1.807, 2.05) is 42.5 Å². The summed E-state index contributed by atoms with van der Waals surface area (Å²) >= 11 is 12.5. The molecule has 1 N–H and O–H groups in total. The van der Waals surface area contributed by atoms with Crippen molar-refractivity contribution in [3.8, 4) is 5.75 Å². The first-order valence-corrected chi connectivity index (χ1v) is 10.1. The van der Waals surface area contributed by atoms with E-state index >= 15 is 0 Å². The fourth-order valence-electron chi connectivity index (χ4n) is 3.32.